The van der Waals surface area contributed by atoms with Crippen LogP contribution in [0.15, 0.2) is 24.3 Å². The second kappa shape index (κ2) is 19.0. The molecule has 1 rings (SSSR count). The van der Waals surface area contributed by atoms with Gasteiger partial charge in [0.25, 0.3) is 0 Å². The van der Waals surface area contributed by atoms with Gasteiger partial charge in [-0.3, -0.25) is 4.79 Å². The highest BCUT2D eigenvalue weighted by atomic mass is 16.5. The van der Waals surface area contributed by atoms with Crippen LogP contribution in [-0.2, 0) is 9.53 Å². The average Bonchev–Trinajstić information content (AvgIpc) is 2.79. The van der Waals surface area contributed by atoms with Crippen molar-refractivity contribution in [3.05, 3.63) is 29.8 Å². The van der Waals surface area contributed by atoms with E-state index in [9.17, 15) is 4.79 Å². The molecule has 1 aromatic rings. The van der Waals surface area contributed by atoms with Crippen LogP contribution in [0, 0.1) is 11.8 Å². The van der Waals surface area contributed by atoms with Crippen molar-refractivity contribution in [3.63, 3.8) is 0 Å². The summed E-state index contributed by atoms with van der Waals surface area (Å²) in [5.74, 6) is 2.73. The first-order valence-electron chi connectivity index (χ1n) is 13.8. The van der Waals surface area contributed by atoms with Crippen LogP contribution >= 0.6 is 0 Å². The van der Waals surface area contributed by atoms with Gasteiger partial charge in [0.1, 0.15) is 5.75 Å². The summed E-state index contributed by atoms with van der Waals surface area (Å²) < 4.78 is 10.8. The van der Waals surface area contributed by atoms with Gasteiger partial charge in [0.2, 0.25) is 0 Å². The molecular formula is C30H52O3. The zero-order valence-electron chi connectivity index (χ0n) is 22.4. The molecule has 3 heteroatoms. The Bertz CT molecular complexity index is 595. The Labute approximate surface area is 205 Å². The lowest BCUT2D eigenvalue weighted by molar-refractivity contribution is -0.134. The van der Waals surface area contributed by atoms with E-state index in [1.165, 1.54) is 63.4 Å². The zero-order valence-corrected chi connectivity index (χ0v) is 22.4. The van der Waals surface area contributed by atoms with Crippen molar-refractivity contribution in [2.45, 2.75) is 124 Å². The van der Waals surface area contributed by atoms with Crippen molar-refractivity contribution in [2.24, 2.45) is 11.8 Å². The van der Waals surface area contributed by atoms with Crippen molar-refractivity contribution in [2.75, 3.05) is 13.7 Å². The molecule has 33 heavy (non-hydrogen) atoms. The van der Waals surface area contributed by atoms with Gasteiger partial charge in [0.15, 0.2) is 0 Å². The molecule has 0 saturated heterocycles. The van der Waals surface area contributed by atoms with Crippen LogP contribution < -0.4 is 4.74 Å². The lowest BCUT2D eigenvalue weighted by Crippen LogP contribution is -2.09. The average molecular weight is 461 g/mol. The third-order valence-corrected chi connectivity index (χ3v) is 6.90. The first kappa shape index (κ1) is 29.7. The second-order valence-electron chi connectivity index (χ2n) is 10.0. The number of ether oxygens (including phenoxy) is 2. The van der Waals surface area contributed by atoms with E-state index >= 15 is 0 Å². The number of hydrogen-bond acceptors (Lipinski definition) is 3. The van der Waals surface area contributed by atoms with E-state index in [1.807, 2.05) is 12.1 Å². The summed E-state index contributed by atoms with van der Waals surface area (Å²) in [6, 6.07) is 8.19. The maximum Gasteiger partial charge on any atom is 0.311 e. The monoisotopic (exact) mass is 460 g/mol. The molecule has 1 aromatic carbocycles. The molecule has 0 radical (unpaired) electrons. The van der Waals surface area contributed by atoms with E-state index < -0.39 is 0 Å². The van der Waals surface area contributed by atoms with Crippen LogP contribution in [0.1, 0.15) is 129 Å². The summed E-state index contributed by atoms with van der Waals surface area (Å²) >= 11 is 0. The molecule has 0 aliphatic heterocycles. The van der Waals surface area contributed by atoms with Crippen LogP contribution in [0.2, 0.25) is 0 Å². The Kier molecular flexibility index (Phi) is 17.1. The molecule has 0 amide bonds. The molecule has 3 nitrogen and oxygen atoms in total. The van der Waals surface area contributed by atoms with E-state index in [0.29, 0.717) is 18.1 Å². The molecule has 0 aromatic heterocycles. The number of rotatable bonds is 20. The first-order valence-corrected chi connectivity index (χ1v) is 13.8. The highest BCUT2D eigenvalue weighted by Crippen LogP contribution is 2.28. The fraction of sp³-hybridized carbons (Fsp3) is 0.767. The Morgan fingerprint density at radius 3 is 2.09 bits per heavy atom. The van der Waals surface area contributed by atoms with Gasteiger partial charge >= 0.3 is 5.97 Å². The normalized spacial score (nSPS) is 14.1. The molecule has 0 heterocycles. The molecular weight excluding hydrogens is 408 g/mol. The van der Waals surface area contributed by atoms with Gasteiger partial charge in [0.05, 0.1) is 0 Å². The molecule has 0 spiro atoms. The topological polar surface area (TPSA) is 35.5 Å². The van der Waals surface area contributed by atoms with Gasteiger partial charge in [-0.15, -0.1) is 0 Å². The molecule has 0 N–H and O–H groups in total. The number of carbonyl (C=O) groups is 1. The van der Waals surface area contributed by atoms with Crippen LogP contribution in [0.3, 0.4) is 0 Å². The summed E-state index contributed by atoms with van der Waals surface area (Å²) in [7, 11) is 1.76. The molecule has 3 unspecified atom stereocenters. The lowest BCUT2D eigenvalue weighted by Gasteiger charge is -2.18. The SMILES string of the molecule is CCCC(C)CCCC(CCC)CCCC(=O)Oc1ccc(C(CCC)CCCOC)cc1. The highest BCUT2D eigenvalue weighted by molar-refractivity contribution is 5.72. The van der Waals surface area contributed by atoms with Crippen molar-refractivity contribution in [1.82, 2.24) is 0 Å². The van der Waals surface area contributed by atoms with Crippen molar-refractivity contribution >= 4 is 5.97 Å². The van der Waals surface area contributed by atoms with Crippen molar-refractivity contribution < 1.29 is 14.3 Å². The lowest BCUT2D eigenvalue weighted by atomic mass is 9.89. The minimum absolute atomic E-state index is 0.0974. The number of hydrogen-bond donors (Lipinski definition) is 0. The number of esters is 1. The Morgan fingerprint density at radius 2 is 1.45 bits per heavy atom. The number of carbonyl (C=O) groups excluding carboxylic acids is 1. The van der Waals surface area contributed by atoms with Gasteiger partial charge in [-0.2, -0.15) is 0 Å². The summed E-state index contributed by atoms with van der Waals surface area (Å²) in [4.78, 5) is 12.4. The van der Waals surface area contributed by atoms with Crippen LogP contribution in [0.5, 0.6) is 5.75 Å². The van der Waals surface area contributed by atoms with E-state index in [-0.39, 0.29) is 5.97 Å². The molecule has 0 bridgehead atoms. The highest BCUT2D eigenvalue weighted by Gasteiger charge is 2.13. The van der Waals surface area contributed by atoms with Gasteiger partial charge in [-0.25, -0.2) is 0 Å². The van der Waals surface area contributed by atoms with Crippen molar-refractivity contribution in [1.29, 1.82) is 0 Å². The van der Waals surface area contributed by atoms with E-state index in [0.717, 1.165) is 44.1 Å². The van der Waals surface area contributed by atoms with Crippen LogP contribution in [-0.4, -0.2) is 19.7 Å². The third kappa shape index (κ3) is 13.8. The fourth-order valence-electron chi connectivity index (χ4n) is 5.06. The van der Waals surface area contributed by atoms with Crippen LogP contribution in [0.4, 0.5) is 0 Å². The van der Waals surface area contributed by atoms with E-state index in [4.69, 9.17) is 9.47 Å². The fourth-order valence-corrected chi connectivity index (χ4v) is 5.06. The first-order chi connectivity index (χ1) is 16.0. The smallest absolute Gasteiger partial charge is 0.311 e. The van der Waals surface area contributed by atoms with Crippen LogP contribution in [0.25, 0.3) is 0 Å². The summed E-state index contributed by atoms with van der Waals surface area (Å²) in [6.45, 7) is 9.97. The maximum atomic E-state index is 12.4. The molecule has 0 aliphatic rings. The number of methoxy groups -OCH3 is 1. The Hall–Kier alpha value is -1.35. The van der Waals surface area contributed by atoms with Gasteiger partial charge < -0.3 is 9.47 Å². The van der Waals surface area contributed by atoms with Gasteiger partial charge in [0, 0.05) is 20.1 Å². The molecule has 0 saturated carbocycles. The number of benzene rings is 1. The largest absolute Gasteiger partial charge is 0.427 e. The molecule has 3 atom stereocenters. The second-order valence-corrected chi connectivity index (χ2v) is 10.0. The summed E-state index contributed by atoms with van der Waals surface area (Å²) in [5.41, 5.74) is 1.34. The molecule has 0 fully saturated rings. The predicted octanol–water partition coefficient (Wildman–Crippen LogP) is 9.10. The van der Waals surface area contributed by atoms with Gasteiger partial charge in [-0.05, 0) is 67.6 Å². The summed E-state index contributed by atoms with van der Waals surface area (Å²) in [6.07, 6.45) is 16.3. The predicted molar refractivity (Wildman–Crippen MR) is 141 cm³/mol. The quantitative estimate of drug-likeness (QED) is 0.111. The summed E-state index contributed by atoms with van der Waals surface area (Å²) in [5, 5.41) is 0. The van der Waals surface area contributed by atoms with E-state index in [2.05, 4.69) is 39.8 Å². The Morgan fingerprint density at radius 1 is 0.788 bits per heavy atom. The minimum atomic E-state index is -0.0974. The standard InChI is InChI=1S/C30H52O3/c1-6-12-25(4)15-9-16-26(13-7-2)17-10-19-30(31)33-29-22-20-28(21-23-29)27(14-8-3)18-11-24-32-5/h20-23,25-27H,6-19,24H2,1-5H3. The Balaban J connectivity index is 2.41. The van der Waals surface area contributed by atoms with Crippen molar-refractivity contribution in [3.8, 4) is 5.75 Å². The third-order valence-electron chi connectivity index (χ3n) is 6.90. The minimum Gasteiger partial charge on any atom is -0.427 e. The zero-order chi connectivity index (χ0) is 24.3. The molecule has 190 valence electrons. The van der Waals surface area contributed by atoms with E-state index in [1.54, 1.807) is 7.11 Å². The molecule has 0 aliphatic carbocycles. The maximum absolute atomic E-state index is 12.4. The van der Waals surface area contributed by atoms with Gasteiger partial charge in [-0.1, -0.05) is 91.2 Å².